The largest absolute Gasteiger partial charge is 0.350 e. The maximum Gasteiger partial charge on any atom is 0.267 e. The van der Waals surface area contributed by atoms with Crippen molar-refractivity contribution < 1.29 is 14.4 Å². The number of amides is 3. The smallest absolute Gasteiger partial charge is 0.267 e. The van der Waals surface area contributed by atoms with Crippen molar-refractivity contribution in [2.75, 3.05) is 18.4 Å². The van der Waals surface area contributed by atoms with Gasteiger partial charge in [-0.15, -0.1) is 11.3 Å². The van der Waals surface area contributed by atoms with E-state index in [1.54, 1.807) is 55.5 Å². The van der Waals surface area contributed by atoms with Crippen LogP contribution in [0.25, 0.3) is 0 Å². The first-order chi connectivity index (χ1) is 14.4. The Bertz CT molecular complexity index is 1050. The van der Waals surface area contributed by atoms with Crippen LogP contribution in [0, 0.1) is 13.8 Å². The molecule has 0 fully saturated rings. The van der Waals surface area contributed by atoms with Crippen LogP contribution in [0.4, 0.5) is 5.69 Å². The maximum absolute atomic E-state index is 12.3. The predicted molar refractivity (Wildman–Crippen MR) is 117 cm³/mol. The molecular formula is C22H22N4O3S. The fourth-order valence-corrected chi connectivity index (χ4v) is 3.60. The second-order valence-corrected chi connectivity index (χ2v) is 7.76. The lowest BCUT2D eigenvalue weighted by Crippen LogP contribution is -2.34. The van der Waals surface area contributed by atoms with Gasteiger partial charge in [-0.2, -0.15) is 0 Å². The number of nitrogens with zero attached hydrogens (tertiary/aromatic N) is 1. The highest BCUT2D eigenvalue weighted by atomic mass is 32.1. The van der Waals surface area contributed by atoms with Crippen LogP contribution in [-0.2, 0) is 0 Å². The molecule has 0 spiro atoms. The molecule has 3 aromatic rings. The van der Waals surface area contributed by atoms with Crippen molar-refractivity contribution in [3.8, 4) is 0 Å². The number of hydrogen-bond donors (Lipinski definition) is 3. The average Bonchev–Trinajstić information content (AvgIpc) is 3.10. The summed E-state index contributed by atoms with van der Waals surface area (Å²) in [6.45, 7) is 4.28. The Morgan fingerprint density at radius 2 is 1.37 bits per heavy atom. The second kappa shape index (κ2) is 9.80. The highest BCUT2D eigenvalue weighted by Gasteiger charge is 2.14. The molecule has 3 rings (SSSR count). The van der Waals surface area contributed by atoms with Crippen LogP contribution >= 0.6 is 11.3 Å². The third kappa shape index (κ3) is 5.51. The molecule has 30 heavy (non-hydrogen) atoms. The Labute approximate surface area is 178 Å². The van der Waals surface area contributed by atoms with Crippen molar-refractivity contribution in [1.29, 1.82) is 0 Å². The van der Waals surface area contributed by atoms with Crippen molar-refractivity contribution in [3.63, 3.8) is 0 Å². The van der Waals surface area contributed by atoms with Gasteiger partial charge in [0.05, 0.1) is 10.7 Å². The lowest BCUT2D eigenvalue weighted by atomic mass is 10.2. The number of hydrogen-bond acceptors (Lipinski definition) is 5. The van der Waals surface area contributed by atoms with Gasteiger partial charge in [-0.25, -0.2) is 4.98 Å². The van der Waals surface area contributed by atoms with E-state index < -0.39 is 0 Å². The Morgan fingerprint density at radius 3 is 1.90 bits per heavy atom. The van der Waals surface area contributed by atoms with Crippen molar-refractivity contribution >= 4 is 34.7 Å². The molecule has 0 saturated heterocycles. The number of carbonyl (C=O) groups excluding carboxylic acids is 3. The van der Waals surface area contributed by atoms with Gasteiger partial charge in [0, 0.05) is 29.9 Å². The lowest BCUT2D eigenvalue weighted by Gasteiger charge is -2.08. The van der Waals surface area contributed by atoms with Gasteiger partial charge in [0.15, 0.2) is 0 Å². The van der Waals surface area contributed by atoms with Gasteiger partial charge in [-0.1, -0.05) is 18.2 Å². The molecular weight excluding hydrogens is 400 g/mol. The SMILES string of the molecule is Cc1nc(C)c(C(=O)Nc2ccc(C(=O)NCCNC(=O)c3ccccc3)cc2)s1. The van der Waals surface area contributed by atoms with E-state index in [1.807, 2.05) is 13.0 Å². The van der Waals surface area contributed by atoms with Gasteiger partial charge in [0.25, 0.3) is 17.7 Å². The fourth-order valence-electron chi connectivity index (χ4n) is 2.78. The molecule has 1 aromatic heterocycles. The minimum Gasteiger partial charge on any atom is -0.350 e. The summed E-state index contributed by atoms with van der Waals surface area (Å²) in [6, 6.07) is 15.5. The molecule has 3 amide bonds. The monoisotopic (exact) mass is 422 g/mol. The van der Waals surface area contributed by atoms with Crippen molar-refractivity contribution in [2.45, 2.75) is 13.8 Å². The lowest BCUT2D eigenvalue weighted by molar-refractivity contribution is 0.0927. The van der Waals surface area contributed by atoms with Gasteiger partial charge in [-0.05, 0) is 50.2 Å². The normalized spacial score (nSPS) is 10.3. The van der Waals surface area contributed by atoms with Gasteiger partial charge < -0.3 is 16.0 Å². The van der Waals surface area contributed by atoms with Crippen molar-refractivity contribution in [3.05, 3.63) is 81.3 Å². The molecule has 0 aliphatic carbocycles. The zero-order chi connectivity index (χ0) is 21.5. The number of anilines is 1. The molecule has 0 atom stereocenters. The first-order valence-electron chi connectivity index (χ1n) is 9.41. The summed E-state index contributed by atoms with van der Waals surface area (Å²) in [5.41, 5.74) is 2.33. The fraction of sp³-hybridized carbons (Fsp3) is 0.182. The Kier molecular flexibility index (Phi) is 6.92. The van der Waals surface area contributed by atoms with Crippen LogP contribution in [0.2, 0.25) is 0 Å². The second-order valence-electron chi connectivity index (χ2n) is 6.56. The Morgan fingerprint density at radius 1 is 0.800 bits per heavy atom. The number of thiazole rings is 1. The van der Waals surface area contributed by atoms with Crippen LogP contribution in [0.1, 0.15) is 41.1 Å². The number of aromatic nitrogens is 1. The predicted octanol–water partition coefficient (Wildman–Crippen LogP) is 3.17. The maximum atomic E-state index is 12.3. The number of carbonyl (C=O) groups is 3. The van der Waals surface area contributed by atoms with Gasteiger partial charge in [0.1, 0.15) is 4.88 Å². The third-order valence-corrected chi connectivity index (χ3v) is 5.32. The van der Waals surface area contributed by atoms with E-state index in [1.165, 1.54) is 11.3 Å². The number of rotatable bonds is 7. The van der Waals surface area contributed by atoms with Crippen LogP contribution in [0.5, 0.6) is 0 Å². The molecule has 2 aromatic carbocycles. The summed E-state index contributed by atoms with van der Waals surface area (Å²) >= 11 is 1.34. The molecule has 0 bridgehead atoms. The molecule has 3 N–H and O–H groups in total. The number of aryl methyl sites for hydroxylation is 2. The number of nitrogens with one attached hydrogen (secondary N) is 3. The third-order valence-electron chi connectivity index (χ3n) is 4.25. The highest BCUT2D eigenvalue weighted by molar-refractivity contribution is 7.13. The minimum atomic E-state index is -0.254. The van der Waals surface area contributed by atoms with Crippen LogP contribution in [0.3, 0.4) is 0 Å². The molecule has 1 heterocycles. The molecule has 0 saturated carbocycles. The average molecular weight is 423 g/mol. The van der Waals surface area contributed by atoms with Gasteiger partial charge >= 0.3 is 0 Å². The van der Waals surface area contributed by atoms with E-state index in [2.05, 4.69) is 20.9 Å². The molecule has 7 nitrogen and oxygen atoms in total. The summed E-state index contributed by atoms with van der Waals surface area (Å²) in [5.74, 6) is -0.656. The van der Waals surface area contributed by atoms with E-state index in [0.29, 0.717) is 40.5 Å². The van der Waals surface area contributed by atoms with Gasteiger partial charge in [-0.3, -0.25) is 14.4 Å². The topological polar surface area (TPSA) is 100 Å². The standard InChI is InChI=1S/C22H22N4O3S/c1-14-19(30-15(2)25-14)22(29)26-18-10-8-17(9-11-18)21(28)24-13-12-23-20(27)16-6-4-3-5-7-16/h3-11H,12-13H2,1-2H3,(H,23,27)(H,24,28)(H,26,29). The zero-order valence-corrected chi connectivity index (χ0v) is 17.5. The highest BCUT2D eigenvalue weighted by Crippen LogP contribution is 2.19. The van der Waals surface area contributed by atoms with E-state index in [4.69, 9.17) is 0 Å². The summed E-state index contributed by atoms with van der Waals surface area (Å²) in [6.07, 6.45) is 0. The van der Waals surface area contributed by atoms with Crippen LogP contribution < -0.4 is 16.0 Å². The van der Waals surface area contributed by atoms with Gasteiger partial charge in [0.2, 0.25) is 0 Å². The zero-order valence-electron chi connectivity index (χ0n) is 16.7. The van der Waals surface area contributed by atoms with Crippen LogP contribution in [-0.4, -0.2) is 35.8 Å². The quantitative estimate of drug-likeness (QED) is 0.509. The molecule has 8 heteroatoms. The van der Waals surface area contributed by atoms with Crippen LogP contribution in [0.15, 0.2) is 54.6 Å². The molecule has 154 valence electrons. The summed E-state index contributed by atoms with van der Waals surface area (Å²) in [7, 11) is 0. The van der Waals surface area contributed by atoms with E-state index in [0.717, 1.165) is 5.01 Å². The van der Waals surface area contributed by atoms with Crippen molar-refractivity contribution in [1.82, 2.24) is 15.6 Å². The van der Waals surface area contributed by atoms with E-state index in [9.17, 15) is 14.4 Å². The Hall–Kier alpha value is -3.52. The first kappa shape index (κ1) is 21.2. The summed E-state index contributed by atoms with van der Waals surface area (Å²) < 4.78 is 0. The number of benzene rings is 2. The van der Waals surface area contributed by atoms with E-state index in [-0.39, 0.29) is 17.7 Å². The summed E-state index contributed by atoms with van der Waals surface area (Å²) in [5, 5.41) is 9.16. The molecule has 0 radical (unpaired) electrons. The minimum absolute atomic E-state index is 0.184. The molecule has 0 aliphatic rings. The van der Waals surface area contributed by atoms with Crippen molar-refractivity contribution in [2.24, 2.45) is 0 Å². The van der Waals surface area contributed by atoms with E-state index >= 15 is 0 Å². The molecule has 0 unspecified atom stereocenters. The first-order valence-corrected chi connectivity index (χ1v) is 10.2. The Balaban J connectivity index is 1.46. The molecule has 0 aliphatic heterocycles. The summed E-state index contributed by atoms with van der Waals surface area (Å²) in [4.78, 5) is 41.4.